The number of fused-ring (bicyclic) bond motifs is 1. The molecule has 0 aliphatic heterocycles. The Bertz CT molecular complexity index is 1110. The number of pyridine rings is 1. The van der Waals surface area contributed by atoms with Crippen LogP contribution in [0, 0.1) is 0 Å². The van der Waals surface area contributed by atoms with Gasteiger partial charge in [-0.25, -0.2) is 8.78 Å². The first-order valence-electron chi connectivity index (χ1n) is 9.46. The van der Waals surface area contributed by atoms with Crippen LogP contribution in [0.15, 0.2) is 48.3 Å². The van der Waals surface area contributed by atoms with Crippen molar-refractivity contribution in [2.75, 3.05) is 5.32 Å². The third-order valence-corrected chi connectivity index (χ3v) is 5.44. The average molecular weight is 433 g/mol. The summed E-state index contributed by atoms with van der Waals surface area (Å²) in [6.07, 6.45) is 2.09. The Morgan fingerprint density at radius 2 is 2.03 bits per heavy atom. The minimum absolute atomic E-state index is 0.0277. The van der Waals surface area contributed by atoms with Gasteiger partial charge >= 0.3 is 0 Å². The van der Waals surface area contributed by atoms with E-state index < -0.39 is 18.6 Å². The summed E-state index contributed by atoms with van der Waals surface area (Å²) in [6.45, 7) is 0. The van der Waals surface area contributed by atoms with Gasteiger partial charge < -0.3 is 15.5 Å². The zero-order valence-corrected chi connectivity index (χ0v) is 16.5. The lowest BCUT2D eigenvalue weighted by molar-refractivity contribution is 0.154. The van der Waals surface area contributed by atoms with Gasteiger partial charge in [-0.2, -0.15) is 0 Å². The molecule has 0 radical (unpaired) electrons. The Labute approximate surface area is 176 Å². The molecule has 1 aliphatic rings. The van der Waals surface area contributed by atoms with E-state index in [1.165, 1.54) is 6.07 Å². The molecule has 156 valence electrons. The number of aromatic hydroxyl groups is 1. The van der Waals surface area contributed by atoms with Crippen molar-refractivity contribution < 1.29 is 19.0 Å². The van der Waals surface area contributed by atoms with Gasteiger partial charge in [-0.05, 0) is 55.2 Å². The number of allylic oxidation sites excluding steroid dienone is 1. The maximum atomic E-state index is 12.8. The number of aliphatic hydroxyl groups excluding tert-OH is 1. The van der Waals surface area contributed by atoms with Gasteiger partial charge in [0.1, 0.15) is 11.4 Å². The minimum atomic E-state index is -2.61. The normalized spacial score (nSPS) is 20.8. The molecule has 2 aromatic heterocycles. The molecule has 1 aromatic carbocycles. The van der Waals surface area contributed by atoms with Crippen molar-refractivity contribution in [2.45, 2.75) is 37.8 Å². The quantitative estimate of drug-likeness (QED) is 0.523. The van der Waals surface area contributed by atoms with E-state index in [1.54, 1.807) is 30.6 Å². The zero-order chi connectivity index (χ0) is 21.3. The van der Waals surface area contributed by atoms with Gasteiger partial charge in [0.05, 0.1) is 12.1 Å². The van der Waals surface area contributed by atoms with Gasteiger partial charge in [-0.1, -0.05) is 11.6 Å². The number of hydrogen-bond donors (Lipinski definition) is 3. The number of hydrogen-bond acceptors (Lipinski definition) is 6. The summed E-state index contributed by atoms with van der Waals surface area (Å²) in [4.78, 5) is 4.15. The van der Waals surface area contributed by atoms with E-state index in [0.29, 0.717) is 57.7 Å². The number of alkyl halides is 2. The largest absolute Gasteiger partial charge is 0.507 e. The van der Waals surface area contributed by atoms with Gasteiger partial charge in [0.15, 0.2) is 5.82 Å². The lowest BCUT2D eigenvalue weighted by atomic mass is 9.87. The molecular weight excluding hydrogens is 414 g/mol. The van der Waals surface area contributed by atoms with Crippen LogP contribution in [0.25, 0.3) is 22.0 Å². The molecule has 2 heterocycles. The number of aliphatic hydroxyl groups is 1. The Morgan fingerprint density at radius 3 is 2.80 bits per heavy atom. The Morgan fingerprint density at radius 1 is 1.20 bits per heavy atom. The number of anilines is 1. The van der Waals surface area contributed by atoms with Crippen LogP contribution in [0.5, 0.6) is 5.75 Å². The monoisotopic (exact) mass is 432 g/mol. The number of phenols is 1. The summed E-state index contributed by atoms with van der Waals surface area (Å²) < 4.78 is 25.5. The van der Waals surface area contributed by atoms with Crippen molar-refractivity contribution in [3.05, 3.63) is 53.3 Å². The number of nitrogens with zero attached hydrogens (tertiary/aromatic N) is 3. The van der Waals surface area contributed by atoms with Crippen LogP contribution in [0.2, 0.25) is 5.02 Å². The molecule has 1 saturated carbocycles. The Balaban J connectivity index is 1.71. The summed E-state index contributed by atoms with van der Waals surface area (Å²) in [5.41, 5.74) is 1.25. The number of aromatic nitrogens is 3. The molecule has 0 unspecified atom stereocenters. The fraction of sp³-hybridized carbons (Fsp3) is 0.286. The number of phenolic OH excluding ortho intramolecular Hbond substituents is 1. The SMILES string of the molecule is Oc1cc(Cl)ccc1-c1nnc(N[C@H]2CCCC(=CC(F)F)[C@@H]2O)c2cnccc12. The molecule has 2 atom stereocenters. The highest BCUT2D eigenvalue weighted by Gasteiger charge is 2.29. The minimum Gasteiger partial charge on any atom is -0.507 e. The average Bonchev–Trinajstić information content (AvgIpc) is 2.71. The Hall–Kier alpha value is -2.84. The lowest BCUT2D eigenvalue weighted by Gasteiger charge is -2.31. The molecule has 1 aliphatic carbocycles. The van der Waals surface area contributed by atoms with Crippen LogP contribution < -0.4 is 5.32 Å². The molecule has 30 heavy (non-hydrogen) atoms. The first-order valence-corrected chi connectivity index (χ1v) is 9.84. The van der Waals surface area contributed by atoms with Gasteiger partial charge in [0, 0.05) is 33.8 Å². The third-order valence-electron chi connectivity index (χ3n) is 5.20. The second kappa shape index (κ2) is 8.49. The molecule has 1 fully saturated rings. The molecule has 9 heteroatoms. The van der Waals surface area contributed by atoms with E-state index in [2.05, 4.69) is 20.5 Å². The molecule has 6 nitrogen and oxygen atoms in total. The summed E-state index contributed by atoms with van der Waals surface area (Å²) in [5.74, 6) is 0.359. The summed E-state index contributed by atoms with van der Waals surface area (Å²) in [6, 6.07) is 6.00. The van der Waals surface area contributed by atoms with Crippen molar-refractivity contribution in [1.29, 1.82) is 0 Å². The predicted octanol–water partition coefficient (Wildman–Crippen LogP) is 4.57. The predicted molar refractivity (Wildman–Crippen MR) is 111 cm³/mol. The zero-order valence-electron chi connectivity index (χ0n) is 15.8. The molecule has 0 saturated heterocycles. The molecule has 4 rings (SSSR count). The first kappa shape index (κ1) is 20.4. The van der Waals surface area contributed by atoms with Gasteiger partial charge in [-0.15, -0.1) is 10.2 Å². The number of benzene rings is 1. The smallest absolute Gasteiger partial charge is 0.257 e. The highest BCUT2D eigenvalue weighted by atomic mass is 35.5. The van der Waals surface area contributed by atoms with E-state index in [-0.39, 0.29) is 5.75 Å². The van der Waals surface area contributed by atoms with Crippen LogP contribution in [0.4, 0.5) is 14.6 Å². The van der Waals surface area contributed by atoms with Gasteiger partial charge in [-0.3, -0.25) is 4.98 Å². The van der Waals surface area contributed by atoms with Crippen LogP contribution >= 0.6 is 11.6 Å². The first-order chi connectivity index (χ1) is 14.4. The summed E-state index contributed by atoms with van der Waals surface area (Å²) in [7, 11) is 0. The lowest BCUT2D eigenvalue weighted by Crippen LogP contribution is -2.38. The summed E-state index contributed by atoms with van der Waals surface area (Å²) >= 11 is 5.92. The third kappa shape index (κ3) is 4.06. The van der Waals surface area contributed by atoms with Gasteiger partial charge in [0.2, 0.25) is 0 Å². The number of nitrogens with one attached hydrogen (secondary N) is 1. The molecule has 0 amide bonds. The van der Waals surface area contributed by atoms with Crippen molar-refractivity contribution in [1.82, 2.24) is 15.2 Å². The highest BCUT2D eigenvalue weighted by Crippen LogP contribution is 2.36. The van der Waals surface area contributed by atoms with E-state index in [4.69, 9.17) is 11.6 Å². The maximum absolute atomic E-state index is 12.8. The van der Waals surface area contributed by atoms with Gasteiger partial charge in [0.25, 0.3) is 6.43 Å². The van der Waals surface area contributed by atoms with Crippen molar-refractivity contribution >= 4 is 28.2 Å². The van der Waals surface area contributed by atoms with Crippen molar-refractivity contribution in [3.8, 4) is 17.0 Å². The second-order valence-electron chi connectivity index (χ2n) is 7.14. The Kier molecular flexibility index (Phi) is 5.78. The van der Waals surface area contributed by atoms with E-state index in [0.717, 1.165) is 6.08 Å². The molecule has 0 spiro atoms. The number of rotatable bonds is 4. The fourth-order valence-electron chi connectivity index (χ4n) is 3.77. The fourth-order valence-corrected chi connectivity index (χ4v) is 3.94. The van der Waals surface area contributed by atoms with Crippen LogP contribution in [-0.4, -0.2) is 44.0 Å². The maximum Gasteiger partial charge on any atom is 0.257 e. The molecule has 0 bridgehead atoms. The topological polar surface area (TPSA) is 91.2 Å². The molecule has 3 aromatic rings. The number of halogens is 3. The summed E-state index contributed by atoms with van der Waals surface area (Å²) in [5, 5.41) is 34.2. The van der Waals surface area contributed by atoms with Crippen LogP contribution in [-0.2, 0) is 0 Å². The van der Waals surface area contributed by atoms with Crippen LogP contribution in [0.3, 0.4) is 0 Å². The van der Waals surface area contributed by atoms with Crippen LogP contribution in [0.1, 0.15) is 19.3 Å². The second-order valence-corrected chi connectivity index (χ2v) is 7.58. The highest BCUT2D eigenvalue weighted by molar-refractivity contribution is 6.30. The standard InChI is InChI=1S/C21H19ClF2N4O2/c22-12-4-5-14(17(29)9-12)19-13-6-7-25-10-15(13)21(28-27-19)26-16-3-1-2-11(20(16)30)8-18(23)24/h4-10,16,18,20,29-30H,1-3H2,(H,26,28)/t16-,20-/m0/s1. The van der Waals surface area contributed by atoms with Crippen molar-refractivity contribution in [3.63, 3.8) is 0 Å². The van der Waals surface area contributed by atoms with Crippen molar-refractivity contribution in [2.24, 2.45) is 0 Å². The van der Waals surface area contributed by atoms with E-state index in [1.807, 2.05) is 0 Å². The molecule has 3 N–H and O–H groups in total. The van der Waals surface area contributed by atoms with E-state index in [9.17, 15) is 19.0 Å². The van der Waals surface area contributed by atoms with E-state index >= 15 is 0 Å². The molecular formula is C21H19ClF2N4O2.